The Hall–Kier alpha value is -1.62. The number of halogens is 1. The highest BCUT2D eigenvalue weighted by Gasteiger charge is 2.13. The maximum absolute atomic E-state index is 5.37. The third-order valence-electron chi connectivity index (χ3n) is 3.14. The van der Waals surface area contributed by atoms with Gasteiger partial charge in [0.15, 0.2) is 0 Å². The lowest BCUT2D eigenvalue weighted by Crippen LogP contribution is -2.00. The molecule has 0 atom stereocenters. The van der Waals surface area contributed by atoms with E-state index in [0.717, 1.165) is 45.6 Å². The molecule has 0 aliphatic carbocycles. The summed E-state index contributed by atoms with van der Waals surface area (Å²) in [6.07, 6.45) is 5.42. The number of hydrogen-bond acceptors (Lipinski definition) is 3. The van der Waals surface area contributed by atoms with Crippen molar-refractivity contribution in [1.29, 1.82) is 0 Å². The van der Waals surface area contributed by atoms with Gasteiger partial charge in [-0.25, -0.2) is 9.97 Å². The third-order valence-corrected chi connectivity index (χ3v) is 3.75. The van der Waals surface area contributed by atoms with E-state index >= 15 is 0 Å². The first-order chi connectivity index (χ1) is 9.15. The van der Waals surface area contributed by atoms with E-state index in [4.69, 9.17) is 4.42 Å². The molecule has 98 valence electrons. The summed E-state index contributed by atoms with van der Waals surface area (Å²) in [6, 6.07) is 3.90. The van der Waals surface area contributed by atoms with E-state index in [-0.39, 0.29) is 0 Å². The molecule has 3 rings (SSSR count). The highest BCUT2D eigenvalue weighted by Crippen LogP contribution is 2.27. The fraction of sp³-hybridized carbons (Fsp3) is 0.286. The maximum atomic E-state index is 5.37. The summed E-state index contributed by atoms with van der Waals surface area (Å²) < 4.78 is 8.43. The molecule has 0 unspecified atom stereocenters. The van der Waals surface area contributed by atoms with E-state index in [9.17, 15) is 0 Å². The molecule has 0 radical (unpaired) electrons. The van der Waals surface area contributed by atoms with E-state index < -0.39 is 0 Å². The SMILES string of the molecule is Cc1nc(CCc2ccco2)c2c(Br)cn(C)c2n1. The summed E-state index contributed by atoms with van der Waals surface area (Å²) in [5.74, 6) is 1.78. The van der Waals surface area contributed by atoms with Crippen LogP contribution < -0.4 is 0 Å². The monoisotopic (exact) mass is 319 g/mol. The average Bonchev–Trinajstić information content (AvgIpc) is 2.96. The second-order valence-electron chi connectivity index (χ2n) is 4.58. The molecule has 0 amide bonds. The van der Waals surface area contributed by atoms with Gasteiger partial charge in [-0.15, -0.1) is 0 Å². The van der Waals surface area contributed by atoms with Gasteiger partial charge in [-0.3, -0.25) is 0 Å². The first-order valence-electron chi connectivity index (χ1n) is 6.15. The normalized spacial score (nSPS) is 11.3. The summed E-state index contributed by atoms with van der Waals surface area (Å²) in [4.78, 5) is 9.08. The Morgan fingerprint density at radius 2 is 2.16 bits per heavy atom. The number of aryl methyl sites for hydroxylation is 4. The smallest absolute Gasteiger partial charge is 0.144 e. The summed E-state index contributed by atoms with van der Waals surface area (Å²) >= 11 is 3.59. The van der Waals surface area contributed by atoms with Crippen LogP contribution in [0.4, 0.5) is 0 Å². The summed E-state index contributed by atoms with van der Waals surface area (Å²) in [6.45, 7) is 1.93. The molecule has 0 aromatic carbocycles. The molecular formula is C14H14BrN3O. The number of hydrogen-bond donors (Lipinski definition) is 0. The molecule has 0 fully saturated rings. The van der Waals surface area contributed by atoms with Gasteiger partial charge < -0.3 is 8.98 Å². The number of fused-ring (bicyclic) bond motifs is 1. The summed E-state index contributed by atoms with van der Waals surface area (Å²) in [5, 5.41) is 1.10. The van der Waals surface area contributed by atoms with Gasteiger partial charge in [0.25, 0.3) is 0 Å². The molecule has 4 nitrogen and oxygen atoms in total. The van der Waals surface area contributed by atoms with Gasteiger partial charge >= 0.3 is 0 Å². The Labute approximate surface area is 119 Å². The van der Waals surface area contributed by atoms with Crippen LogP contribution in [0.1, 0.15) is 17.3 Å². The van der Waals surface area contributed by atoms with Crippen molar-refractivity contribution in [3.05, 3.63) is 46.3 Å². The van der Waals surface area contributed by atoms with Gasteiger partial charge in [-0.1, -0.05) is 0 Å². The number of nitrogens with zero attached hydrogens (tertiary/aromatic N) is 3. The Kier molecular flexibility index (Phi) is 3.14. The predicted octanol–water partition coefficient (Wildman–Crippen LogP) is 3.42. The van der Waals surface area contributed by atoms with Crippen molar-refractivity contribution in [2.24, 2.45) is 7.05 Å². The van der Waals surface area contributed by atoms with Crippen molar-refractivity contribution < 1.29 is 4.42 Å². The van der Waals surface area contributed by atoms with Crippen LogP contribution in [0.5, 0.6) is 0 Å². The van der Waals surface area contributed by atoms with Crippen LogP contribution >= 0.6 is 15.9 Å². The predicted molar refractivity (Wildman–Crippen MR) is 77.1 cm³/mol. The molecule has 0 saturated carbocycles. The number of rotatable bonds is 3. The Morgan fingerprint density at radius 1 is 1.32 bits per heavy atom. The second kappa shape index (κ2) is 4.81. The maximum Gasteiger partial charge on any atom is 0.144 e. The Bertz CT molecular complexity index is 716. The standard InChI is InChI=1S/C14H14BrN3O/c1-9-16-12(6-5-10-4-3-7-19-10)13-11(15)8-18(2)14(13)17-9/h3-4,7-8H,5-6H2,1-2H3. The van der Waals surface area contributed by atoms with E-state index in [0.29, 0.717) is 0 Å². The van der Waals surface area contributed by atoms with E-state index in [2.05, 4.69) is 25.9 Å². The van der Waals surface area contributed by atoms with Crippen LogP contribution in [0, 0.1) is 6.92 Å². The fourth-order valence-corrected chi connectivity index (χ4v) is 3.00. The Morgan fingerprint density at radius 3 is 2.89 bits per heavy atom. The van der Waals surface area contributed by atoms with Crippen LogP contribution in [0.3, 0.4) is 0 Å². The Balaban J connectivity index is 2.02. The minimum atomic E-state index is 0.802. The average molecular weight is 320 g/mol. The van der Waals surface area contributed by atoms with Crippen LogP contribution in [0.15, 0.2) is 33.5 Å². The lowest BCUT2D eigenvalue weighted by molar-refractivity contribution is 0.507. The van der Waals surface area contributed by atoms with Gasteiger partial charge in [0.1, 0.15) is 17.2 Å². The van der Waals surface area contributed by atoms with Crippen LogP contribution in [-0.2, 0) is 19.9 Å². The molecule has 0 saturated heterocycles. The summed E-state index contributed by atoms with van der Waals surface area (Å²) in [7, 11) is 2.00. The molecule has 19 heavy (non-hydrogen) atoms. The zero-order chi connectivity index (χ0) is 13.4. The topological polar surface area (TPSA) is 43.9 Å². The molecule has 0 aliphatic heterocycles. The third kappa shape index (κ3) is 2.30. The first-order valence-corrected chi connectivity index (χ1v) is 6.95. The van der Waals surface area contributed by atoms with Crippen LogP contribution in [0.25, 0.3) is 11.0 Å². The molecule has 0 N–H and O–H groups in total. The van der Waals surface area contributed by atoms with Crippen LogP contribution in [0.2, 0.25) is 0 Å². The lowest BCUT2D eigenvalue weighted by atomic mass is 10.1. The van der Waals surface area contributed by atoms with Gasteiger partial charge in [-0.05, 0) is 41.4 Å². The van der Waals surface area contributed by atoms with Crippen molar-refractivity contribution >= 4 is 27.0 Å². The largest absolute Gasteiger partial charge is 0.469 e. The molecule has 3 aromatic heterocycles. The van der Waals surface area contributed by atoms with Gasteiger partial charge in [-0.2, -0.15) is 0 Å². The van der Waals surface area contributed by atoms with Gasteiger partial charge in [0.05, 0.1) is 17.3 Å². The van der Waals surface area contributed by atoms with E-state index in [1.165, 1.54) is 0 Å². The van der Waals surface area contributed by atoms with Crippen molar-refractivity contribution in [3.8, 4) is 0 Å². The van der Waals surface area contributed by atoms with Crippen molar-refractivity contribution in [3.63, 3.8) is 0 Å². The zero-order valence-electron chi connectivity index (χ0n) is 10.9. The zero-order valence-corrected chi connectivity index (χ0v) is 12.4. The quantitative estimate of drug-likeness (QED) is 0.743. The fourth-order valence-electron chi connectivity index (χ4n) is 2.29. The van der Waals surface area contributed by atoms with Gasteiger partial charge in [0, 0.05) is 24.1 Å². The van der Waals surface area contributed by atoms with Crippen molar-refractivity contribution in [2.75, 3.05) is 0 Å². The molecule has 5 heteroatoms. The number of aromatic nitrogens is 3. The van der Waals surface area contributed by atoms with Crippen molar-refractivity contribution in [1.82, 2.24) is 14.5 Å². The first kappa shape index (κ1) is 12.4. The molecule has 0 spiro atoms. The minimum Gasteiger partial charge on any atom is -0.469 e. The molecule has 3 aromatic rings. The molecular weight excluding hydrogens is 306 g/mol. The summed E-state index contributed by atoms with van der Waals surface area (Å²) in [5.41, 5.74) is 2.03. The highest BCUT2D eigenvalue weighted by atomic mass is 79.9. The van der Waals surface area contributed by atoms with E-state index in [1.807, 2.05) is 36.9 Å². The lowest BCUT2D eigenvalue weighted by Gasteiger charge is -2.04. The molecule has 0 aliphatic rings. The van der Waals surface area contributed by atoms with E-state index in [1.54, 1.807) is 6.26 Å². The molecule has 0 bridgehead atoms. The molecule has 3 heterocycles. The minimum absolute atomic E-state index is 0.802. The second-order valence-corrected chi connectivity index (χ2v) is 5.44. The number of furan rings is 1. The van der Waals surface area contributed by atoms with Crippen LogP contribution in [-0.4, -0.2) is 14.5 Å². The highest BCUT2D eigenvalue weighted by molar-refractivity contribution is 9.10. The van der Waals surface area contributed by atoms with Gasteiger partial charge in [0.2, 0.25) is 0 Å². The van der Waals surface area contributed by atoms with Crippen molar-refractivity contribution in [2.45, 2.75) is 19.8 Å².